The first-order valence-corrected chi connectivity index (χ1v) is 9.80. The van der Waals surface area contributed by atoms with Crippen LogP contribution in [0, 0.1) is 0 Å². The van der Waals surface area contributed by atoms with Crippen molar-refractivity contribution >= 4 is 18.0 Å². The van der Waals surface area contributed by atoms with Crippen LogP contribution in [0.3, 0.4) is 0 Å². The zero-order valence-corrected chi connectivity index (χ0v) is 18.3. The Morgan fingerprint density at radius 1 is 0.931 bits per heavy atom. The highest BCUT2D eigenvalue weighted by Crippen LogP contribution is 2.23. The first kappa shape index (κ1) is 24.5. The molecule has 7 nitrogen and oxygen atoms in total. The minimum absolute atomic E-state index is 0.0845. The number of benzene rings is 1. The summed E-state index contributed by atoms with van der Waals surface area (Å²) in [6, 6.07) is 9.26. The van der Waals surface area contributed by atoms with E-state index < -0.39 is 23.2 Å². The molecule has 0 aliphatic heterocycles. The van der Waals surface area contributed by atoms with Crippen molar-refractivity contribution in [3.05, 3.63) is 35.9 Å². The molecule has 0 saturated heterocycles. The van der Waals surface area contributed by atoms with Crippen molar-refractivity contribution < 1.29 is 28.6 Å². The number of hydrogen-bond acceptors (Lipinski definition) is 6. The van der Waals surface area contributed by atoms with Crippen LogP contribution in [-0.2, 0) is 30.4 Å². The molecule has 0 atom stereocenters. The summed E-state index contributed by atoms with van der Waals surface area (Å²) in [6.07, 6.45) is -0.229. The second kappa shape index (κ2) is 10.8. The largest absolute Gasteiger partial charge is 0.465 e. The second-order valence-corrected chi connectivity index (χ2v) is 8.33. The zero-order chi connectivity index (χ0) is 22.1. The number of ether oxygens (including phenoxy) is 3. The SMILES string of the molecule is CCOC(=O)CN(C(=O)OCc1ccccc1)C(C)(C)CCC(=O)OC(C)(C)C. The lowest BCUT2D eigenvalue weighted by molar-refractivity contribution is -0.155. The van der Waals surface area contributed by atoms with Gasteiger partial charge < -0.3 is 14.2 Å². The first-order chi connectivity index (χ1) is 13.4. The van der Waals surface area contributed by atoms with Crippen molar-refractivity contribution in [2.45, 2.75) is 72.1 Å². The minimum Gasteiger partial charge on any atom is -0.465 e. The Labute approximate surface area is 173 Å². The summed E-state index contributed by atoms with van der Waals surface area (Å²) < 4.78 is 15.7. The van der Waals surface area contributed by atoms with Gasteiger partial charge in [0.05, 0.1) is 6.61 Å². The Morgan fingerprint density at radius 2 is 1.55 bits per heavy atom. The second-order valence-electron chi connectivity index (χ2n) is 8.33. The molecule has 1 amide bonds. The van der Waals surface area contributed by atoms with Crippen LogP contribution in [0.1, 0.15) is 59.9 Å². The summed E-state index contributed by atoms with van der Waals surface area (Å²) in [7, 11) is 0. The third-order valence-electron chi connectivity index (χ3n) is 4.11. The Morgan fingerprint density at radius 3 is 2.10 bits per heavy atom. The fourth-order valence-corrected chi connectivity index (χ4v) is 2.59. The van der Waals surface area contributed by atoms with E-state index >= 15 is 0 Å². The number of rotatable bonds is 9. The quantitative estimate of drug-likeness (QED) is 0.453. The van der Waals surface area contributed by atoms with Gasteiger partial charge in [-0.1, -0.05) is 30.3 Å². The molecular weight excluding hydrogens is 374 g/mol. The maximum absolute atomic E-state index is 12.8. The van der Waals surface area contributed by atoms with Crippen LogP contribution in [-0.4, -0.2) is 47.2 Å². The summed E-state index contributed by atoms with van der Waals surface area (Å²) in [5, 5.41) is 0. The Balaban J connectivity index is 2.83. The molecule has 0 heterocycles. The van der Waals surface area contributed by atoms with E-state index in [1.807, 2.05) is 30.3 Å². The summed E-state index contributed by atoms with van der Waals surface area (Å²) in [4.78, 5) is 38.2. The van der Waals surface area contributed by atoms with Crippen LogP contribution in [0.4, 0.5) is 4.79 Å². The average molecular weight is 408 g/mol. The molecule has 162 valence electrons. The van der Waals surface area contributed by atoms with Crippen LogP contribution in [0.25, 0.3) is 0 Å². The molecule has 0 saturated carbocycles. The van der Waals surface area contributed by atoms with Crippen LogP contribution in [0.5, 0.6) is 0 Å². The van der Waals surface area contributed by atoms with E-state index in [4.69, 9.17) is 14.2 Å². The lowest BCUT2D eigenvalue weighted by atomic mass is 9.96. The van der Waals surface area contributed by atoms with Crippen LogP contribution in [0.2, 0.25) is 0 Å². The Hall–Kier alpha value is -2.57. The number of carbonyl (C=O) groups excluding carboxylic acids is 3. The molecule has 7 heteroatoms. The molecule has 1 rings (SSSR count). The van der Waals surface area contributed by atoms with Crippen molar-refractivity contribution in [1.29, 1.82) is 0 Å². The lowest BCUT2D eigenvalue weighted by Crippen LogP contribution is -2.51. The van der Waals surface area contributed by atoms with Gasteiger partial charge in [0.25, 0.3) is 0 Å². The van der Waals surface area contributed by atoms with E-state index in [1.165, 1.54) is 4.90 Å². The summed E-state index contributed by atoms with van der Waals surface area (Å²) in [5.41, 5.74) is -0.568. The van der Waals surface area contributed by atoms with Gasteiger partial charge in [0.2, 0.25) is 0 Å². The normalized spacial score (nSPS) is 11.5. The Kier molecular flexibility index (Phi) is 9.14. The molecule has 0 spiro atoms. The zero-order valence-electron chi connectivity index (χ0n) is 18.3. The molecule has 1 aromatic rings. The molecule has 0 aliphatic carbocycles. The number of esters is 2. The fourth-order valence-electron chi connectivity index (χ4n) is 2.59. The van der Waals surface area contributed by atoms with E-state index in [2.05, 4.69) is 0 Å². The molecule has 1 aromatic carbocycles. The third kappa shape index (κ3) is 9.45. The highest BCUT2D eigenvalue weighted by atomic mass is 16.6. The van der Waals surface area contributed by atoms with E-state index in [0.29, 0.717) is 6.42 Å². The first-order valence-electron chi connectivity index (χ1n) is 9.80. The predicted octanol–water partition coefficient (Wildman–Crippen LogP) is 4.09. The molecule has 0 unspecified atom stereocenters. The molecular formula is C22H33NO6. The molecule has 0 bridgehead atoms. The van der Waals surface area contributed by atoms with E-state index in [0.717, 1.165) is 5.56 Å². The van der Waals surface area contributed by atoms with Gasteiger partial charge in [-0.25, -0.2) is 4.79 Å². The lowest BCUT2D eigenvalue weighted by Gasteiger charge is -2.37. The maximum atomic E-state index is 12.8. The molecule has 0 radical (unpaired) electrons. The van der Waals surface area contributed by atoms with Crippen molar-refractivity contribution in [2.75, 3.05) is 13.2 Å². The van der Waals surface area contributed by atoms with Gasteiger partial charge in [-0.2, -0.15) is 0 Å². The van der Waals surface area contributed by atoms with Gasteiger partial charge in [0.1, 0.15) is 18.8 Å². The monoisotopic (exact) mass is 407 g/mol. The topological polar surface area (TPSA) is 82.1 Å². The number of hydrogen-bond donors (Lipinski definition) is 0. The summed E-state index contributed by atoms with van der Waals surface area (Å²) in [6.45, 7) is 10.7. The molecule has 0 aliphatic rings. The van der Waals surface area contributed by atoms with Gasteiger partial charge in [-0.05, 0) is 53.5 Å². The highest BCUT2D eigenvalue weighted by Gasteiger charge is 2.35. The van der Waals surface area contributed by atoms with E-state index in [1.54, 1.807) is 41.5 Å². The van der Waals surface area contributed by atoms with Crippen molar-refractivity contribution in [3.8, 4) is 0 Å². The van der Waals surface area contributed by atoms with E-state index in [9.17, 15) is 14.4 Å². The molecule has 0 fully saturated rings. The van der Waals surface area contributed by atoms with Crippen molar-refractivity contribution in [1.82, 2.24) is 4.90 Å². The van der Waals surface area contributed by atoms with Crippen molar-refractivity contribution in [3.63, 3.8) is 0 Å². The number of carbonyl (C=O) groups is 3. The number of nitrogens with zero attached hydrogens (tertiary/aromatic N) is 1. The van der Waals surface area contributed by atoms with Crippen LogP contribution in [0.15, 0.2) is 30.3 Å². The third-order valence-corrected chi connectivity index (χ3v) is 4.11. The predicted molar refractivity (Wildman–Crippen MR) is 109 cm³/mol. The van der Waals surface area contributed by atoms with Gasteiger partial charge in [-0.15, -0.1) is 0 Å². The van der Waals surface area contributed by atoms with E-state index in [-0.39, 0.29) is 32.1 Å². The highest BCUT2D eigenvalue weighted by molar-refractivity contribution is 5.79. The fraction of sp³-hybridized carbons (Fsp3) is 0.591. The van der Waals surface area contributed by atoms with Gasteiger partial charge in [0.15, 0.2) is 0 Å². The summed E-state index contributed by atoms with van der Waals surface area (Å²) in [5.74, 6) is -0.895. The Bertz CT molecular complexity index is 678. The van der Waals surface area contributed by atoms with Gasteiger partial charge >= 0.3 is 18.0 Å². The van der Waals surface area contributed by atoms with Gasteiger partial charge in [-0.3, -0.25) is 14.5 Å². The molecule has 0 N–H and O–H groups in total. The minimum atomic E-state index is -0.822. The maximum Gasteiger partial charge on any atom is 0.411 e. The van der Waals surface area contributed by atoms with Crippen molar-refractivity contribution in [2.24, 2.45) is 0 Å². The van der Waals surface area contributed by atoms with Crippen LogP contribution >= 0.6 is 0 Å². The molecule has 0 aromatic heterocycles. The van der Waals surface area contributed by atoms with Crippen LogP contribution < -0.4 is 0 Å². The smallest absolute Gasteiger partial charge is 0.411 e. The standard InChI is InChI=1S/C22H33NO6/c1-7-27-19(25)15-23(20(26)28-16-17-11-9-8-10-12-17)22(5,6)14-13-18(24)29-21(2,3)4/h8-12H,7,13-16H2,1-6H3. The molecule has 29 heavy (non-hydrogen) atoms. The summed E-state index contributed by atoms with van der Waals surface area (Å²) >= 11 is 0. The average Bonchev–Trinajstić information content (AvgIpc) is 2.62. The number of amides is 1. The van der Waals surface area contributed by atoms with Gasteiger partial charge in [0, 0.05) is 12.0 Å².